The Balaban J connectivity index is 2.40. The average Bonchev–Trinajstić information content (AvgIpc) is 2.97. The number of carbonyl (C=O) groups is 2. The number of hydrogen-bond donors (Lipinski definition) is 1. The molecule has 1 N–H and O–H groups in total. The summed E-state index contributed by atoms with van der Waals surface area (Å²) in [5.41, 5.74) is 3.24. The first-order valence-electron chi connectivity index (χ1n) is 7.18. The number of hydrogen-bond acceptors (Lipinski definition) is 5. The molecule has 1 amide bonds. The number of esters is 1. The van der Waals surface area contributed by atoms with Crippen molar-refractivity contribution in [3.8, 4) is 11.1 Å². The molecule has 1 heterocycles. The maximum absolute atomic E-state index is 12.2. The lowest BCUT2D eigenvalue weighted by molar-refractivity contribution is -0.119. The van der Waals surface area contributed by atoms with Crippen LogP contribution in [0.3, 0.4) is 0 Å². The van der Waals surface area contributed by atoms with Crippen LogP contribution in [0.15, 0.2) is 29.6 Å². The van der Waals surface area contributed by atoms with E-state index in [2.05, 4.69) is 12.2 Å². The van der Waals surface area contributed by atoms with E-state index >= 15 is 0 Å². The molecule has 0 fully saturated rings. The number of methoxy groups -OCH3 is 2. The smallest absolute Gasteiger partial charge is 0.341 e. The first-order valence-corrected chi connectivity index (χ1v) is 8.06. The second kappa shape index (κ2) is 7.89. The van der Waals surface area contributed by atoms with Crippen molar-refractivity contribution in [2.75, 3.05) is 26.1 Å². The second-order valence-corrected chi connectivity index (χ2v) is 5.76. The molecular formula is C17H19NO4S. The molecule has 0 saturated carbocycles. The number of aryl methyl sites for hydroxylation is 1. The van der Waals surface area contributed by atoms with Gasteiger partial charge in [0.1, 0.15) is 17.2 Å². The fourth-order valence-corrected chi connectivity index (χ4v) is 3.15. The summed E-state index contributed by atoms with van der Waals surface area (Å²) in [5.74, 6) is -0.791. The Morgan fingerprint density at radius 2 is 1.87 bits per heavy atom. The predicted molar refractivity (Wildman–Crippen MR) is 91.0 cm³/mol. The lowest BCUT2D eigenvalue weighted by Gasteiger charge is -2.08. The van der Waals surface area contributed by atoms with Crippen LogP contribution in [-0.4, -0.2) is 32.7 Å². The summed E-state index contributed by atoms with van der Waals surface area (Å²) in [4.78, 5) is 23.9. The molecule has 0 spiro atoms. The minimum absolute atomic E-state index is 0.0704. The minimum Gasteiger partial charge on any atom is -0.465 e. The van der Waals surface area contributed by atoms with Crippen molar-refractivity contribution in [1.29, 1.82) is 0 Å². The van der Waals surface area contributed by atoms with Gasteiger partial charge in [-0.15, -0.1) is 11.3 Å². The fourth-order valence-electron chi connectivity index (χ4n) is 2.18. The van der Waals surface area contributed by atoms with E-state index in [1.807, 2.05) is 29.6 Å². The SMILES string of the molecule is CCc1ccc(-c2csc(NC(=O)COC)c2C(=O)OC)cc1. The van der Waals surface area contributed by atoms with E-state index < -0.39 is 5.97 Å². The number of nitrogens with one attached hydrogen (secondary N) is 1. The van der Waals surface area contributed by atoms with Crippen molar-refractivity contribution in [2.24, 2.45) is 0 Å². The average molecular weight is 333 g/mol. The summed E-state index contributed by atoms with van der Waals surface area (Å²) in [6.45, 7) is 2.02. The van der Waals surface area contributed by atoms with Gasteiger partial charge in [0.2, 0.25) is 0 Å². The van der Waals surface area contributed by atoms with Crippen molar-refractivity contribution in [3.05, 3.63) is 40.8 Å². The van der Waals surface area contributed by atoms with Crippen LogP contribution < -0.4 is 5.32 Å². The van der Waals surface area contributed by atoms with Gasteiger partial charge >= 0.3 is 5.97 Å². The van der Waals surface area contributed by atoms with Gasteiger partial charge in [-0.1, -0.05) is 31.2 Å². The number of thiophene rings is 1. The molecule has 0 unspecified atom stereocenters. The highest BCUT2D eigenvalue weighted by Gasteiger charge is 2.22. The number of carbonyl (C=O) groups excluding carboxylic acids is 2. The van der Waals surface area contributed by atoms with Crippen LogP contribution in [-0.2, 0) is 20.7 Å². The molecule has 0 aliphatic carbocycles. The summed E-state index contributed by atoms with van der Waals surface area (Å²) >= 11 is 1.29. The Hall–Kier alpha value is -2.18. The molecule has 122 valence electrons. The van der Waals surface area contributed by atoms with Crippen LogP contribution in [0.5, 0.6) is 0 Å². The largest absolute Gasteiger partial charge is 0.465 e. The van der Waals surface area contributed by atoms with Crippen molar-refractivity contribution >= 4 is 28.2 Å². The number of ether oxygens (including phenoxy) is 2. The van der Waals surface area contributed by atoms with E-state index in [-0.39, 0.29) is 12.5 Å². The van der Waals surface area contributed by atoms with Gasteiger partial charge in [0.05, 0.1) is 7.11 Å². The van der Waals surface area contributed by atoms with Crippen LogP contribution in [0.2, 0.25) is 0 Å². The number of benzene rings is 1. The molecule has 0 aliphatic rings. The molecule has 0 radical (unpaired) electrons. The lowest BCUT2D eigenvalue weighted by atomic mass is 10.0. The van der Waals surface area contributed by atoms with E-state index in [1.54, 1.807) is 0 Å². The van der Waals surface area contributed by atoms with E-state index in [9.17, 15) is 9.59 Å². The number of amides is 1. The van der Waals surface area contributed by atoms with Crippen molar-refractivity contribution in [1.82, 2.24) is 0 Å². The van der Waals surface area contributed by atoms with Crippen LogP contribution in [0.4, 0.5) is 5.00 Å². The van der Waals surface area contributed by atoms with E-state index in [0.717, 1.165) is 17.5 Å². The maximum atomic E-state index is 12.2. The molecule has 1 aromatic carbocycles. The standard InChI is InChI=1S/C17H19NO4S/c1-4-11-5-7-12(8-6-11)13-10-23-16(15(13)17(20)22-3)18-14(19)9-21-2/h5-8,10H,4,9H2,1-3H3,(H,18,19). The molecule has 0 bridgehead atoms. The quantitative estimate of drug-likeness (QED) is 0.824. The third-order valence-corrected chi connectivity index (χ3v) is 4.28. The third-order valence-electron chi connectivity index (χ3n) is 3.38. The Morgan fingerprint density at radius 3 is 2.43 bits per heavy atom. The summed E-state index contributed by atoms with van der Waals surface area (Å²) < 4.78 is 9.66. The zero-order valence-corrected chi connectivity index (χ0v) is 14.2. The molecule has 6 heteroatoms. The molecule has 0 aliphatic heterocycles. The summed E-state index contributed by atoms with van der Waals surface area (Å²) in [5, 5.41) is 5.00. The zero-order chi connectivity index (χ0) is 16.8. The molecule has 23 heavy (non-hydrogen) atoms. The highest BCUT2D eigenvalue weighted by atomic mass is 32.1. The molecule has 5 nitrogen and oxygen atoms in total. The highest BCUT2D eigenvalue weighted by Crippen LogP contribution is 2.36. The van der Waals surface area contributed by atoms with Crippen LogP contribution in [0.1, 0.15) is 22.8 Å². The normalized spacial score (nSPS) is 10.4. The molecule has 1 aromatic heterocycles. The summed E-state index contributed by atoms with van der Waals surface area (Å²) in [6.07, 6.45) is 0.950. The first-order chi connectivity index (χ1) is 11.1. The summed E-state index contributed by atoms with van der Waals surface area (Å²) in [6, 6.07) is 7.98. The van der Waals surface area contributed by atoms with Crippen molar-refractivity contribution < 1.29 is 19.1 Å². The first kappa shape index (κ1) is 17.2. The Morgan fingerprint density at radius 1 is 1.17 bits per heavy atom. The van der Waals surface area contributed by atoms with Gasteiger partial charge in [-0.2, -0.15) is 0 Å². The van der Waals surface area contributed by atoms with Gasteiger partial charge in [0.15, 0.2) is 0 Å². The number of anilines is 1. The highest BCUT2D eigenvalue weighted by molar-refractivity contribution is 7.15. The fraction of sp³-hybridized carbons (Fsp3) is 0.294. The van der Waals surface area contributed by atoms with Crippen LogP contribution in [0.25, 0.3) is 11.1 Å². The Bertz CT molecular complexity index is 691. The van der Waals surface area contributed by atoms with Gasteiger partial charge in [0, 0.05) is 18.1 Å². The Labute approximate surface area is 139 Å². The molecule has 0 atom stereocenters. The summed E-state index contributed by atoms with van der Waals surface area (Å²) in [7, 11) is 2.76. The minimum atomic E-state index is -0.478. The van der Waals surface area contributed by atoms with Gasteiger partial charge in [-0.3, -0.25) is 4.79 Å². The molecule has 2 aromatic rings. The molecule has 0 saturated heterocycles. The van der Waals surface area contributed by atoms with Gasteiger partial charge in [0.25, 0.3) is 5.91 Å². The molecular weight excluding hydrogens is 314 g/mol. The third kappa shape index (κ3) is 3.97. The van der Waals surface area contributed by atoms with Crippen LogP contribution in [0, 0.1) is 0 Å². The monoisotopic (exact) mass is 333 g/mol. The zero-order valence-electron chi connectivity index (χ0n) is 13.3. The van der Waals surface area contributed by atoms with Gasteiger partial charge in [-0.05, 0) is 17.5 Å². The predicted octanol–water partition coefficient (Wildman–Crippen LogP) is 3.35. The topological polar surface area (TPSA) is 64.6 Å². The van der Waals surface area contributed by atoms with Crippen molar-refractivity contribution in [3.63, 3.8) is 0 Å². The molecule has 2 rings (SSSR count). The van der Waals surface area contributed by atoms with E-state index in [0.29, 0.717) is 10.6 Å². The lowest BCUT2D eigenvalue weighted by Crippen LogP contribution is -2.18. The van der Waals surface area contributed by atoms with E-state index in [1.165, 1.54) is 31.1 Å². The second-order valence-electron chi connectivity index (χ2n) is 4.88. The van der Waals surface area contributed by atoms with Gasteiger partial charge in [-0.25, -0.2) is 4.79 Å². The Kier molecular flexibility index (Phi) is 5.90. The number of rotatable bonds is 6. The van der Waals surface area contributed by atoms with E-state index in [4.69, 9.17) is 9.47 Å². The maximum Gasteiger partial charge on any atom is 0.341 e. The van der Waals surface area contributed by atoms with Crippen molar-refractivity contribution in [2.45, 2.75) is 13.3 Å². The van der Waals surface area contributed by atoms with Gasteiger partial charge < -0.3 is 14.8 Å². The van der Waals surface area contributed by atoms with Crippen LogP contribution >= 0.6 is 11.3 Å².